The lowest BCUT2D eigenvalue weighted by Crippen LogP contribution is -2.19. The maximum absolute atomic E-state index is 12.1. The monoisotopic (exact) mass is 397 g/mol. The van der Waals surface area contributed by atoms with Crippen molar-refractivity contribution < 1.29 is 19.2 Å². The summed E-state index contributed by atoms with van der Waals surface area (Å²) >= 11 is 1.13. The summed E-state index contributed by atoms with van der Waals surface area (Å²) in [6.07, 6.45) is 1.57. The first kappa shape index (κ1) is 19.3. The number of nitro groups is 1. The molecule has 2 aromatic rings. The van der Waals surface area contributed by atoms with Crippen LogP contribution in [0.5, 0.6) is 0 Å². The number of nitrogens with zero attached hydrogens (tertiary/aromatic N) is 2. The summed E-state index contributed by atoms with van der Waals surface area (Å²) in [5.41, 5.74) is 1.48. The molecular weight excluding hydrogens is 382 g/mol. The molecule has 9 heteroatoms. The van der Waals surface area contributed by atoms with Crippen LogP contribution < -0.4 is 5.32 Å². The Hall–Kier alpha value is -3.46. The lowest BCUT2D eigenvalue weighted by Gasteiger charge is -2.02. The van der Waals surface area contributed by atoms with Gasteiger partial charge >= 0.3 is 5.97 Å². The van der Waals surface area contributed by atoms with Crippen molar-refractivity contribution in [1.82, 2.24) is 5.32 Å². The number of hydrogen-bond acceptors (Lipinski definition) is 7. The zero-order chi connectivity index (χ0) is 20.1. The van der Waals surface area contributed by atoms with Gasteiger partial charge in [0.05, 0.1) is 27.7 Å². The first-order valence-corrected chi connectivity index (χ1v) is 9.09. The van der Waals surface area contributed by atoms with E-state index >= 15 is 0 Å². The summed E-state index contributed by atoms with van der Waals surface area (Å²) in [5, 5.41) is 13.9. The van der Waals surface area contributed by atoms with E-state index in [0.717, 1.165) is 11.8 Å². The molecule has 142 valence electrons. The Balaban J connectivity index is 1.76. The van der Waals surface area contributed by atoms with Crippen LogP contribution in [0.25, 0.3) is 6.08 Å². The van der Waals surface area contributed by atoms with Crippen molar-refractivity contribution in [1.29, 1.82) is 0 Å². The number of ether oxygens (including phenoxy) is 1. The molecule has 0 radical (unpaired) electrons. The summed E-state index contributed by atoms with van der Waals surface area (Å²) < 4.78 is 4.92. The van der Waals surface area contributed by atoms with Crippen LogP contribution >= 0.6 is 11.8 Å². The van der Waals surface area contributed by atoms with E-state index in [2.05, 4.69) is 10.3 Å². The van der Waals surface area contributed by atoms with Gasteiger partial charge in [-0.2, -0.15) is 0 Å². The average molecular weight is 397 g/mol. The number of amides is 1. The summed E-state index contributed by atoms with van der Waals surface area (Å²) in [4.78, 5) is 38.9. The standard InChI is InChI=1S/C19H15N3O5S/c1-2-27-18(24)13-6-8-14(9-7-13)20-19-21-17(23)16(28-19)11-12-4-3-5-15(10-12)22(25)26/h3-11H,2H2,1H3,(H,20,21,23)/b16-11-. The van der Waals surface area contributed by atoms with Gasteiger partial charge in [-0.1, -0.05) is 12.1 Å². The fraction of sp³-hybridized carbons (Fsp3) is 0.105. The van der Waals surface area contributed by atoms with Gasteiger partial charge < -0.3 is 10.1 Å². The Bertz CT molecular complexity index is 999. The van der Waals surface area contributed by atoms with Gasteiger partial charge in [-0.25, -0.2) is 9.79 Å². The zero-order valence-corrected chi connectivity index (χ0v) is 15.6. The number of thioether (sulfide) groups is 1. The van der Waals surface area contributed by atoms with Crippen molar-refractivity contribution in [3.05, 3.63) is 74.7 Å². The molecule has 1 saturated heterocycles. The van der Waals surface area contributed by atoms with Crippen LogP contribution in [0.1, 0.15) is 22.8 Å². The number of carbonyl (C=O) groups excluding carboxylic acids is 2. The summed E-state index contributed by atoms with van der Waals surface area (Å²) in [7, 11) is 0. The topological polar surface area (TPSA) is 111 Å². The van der Waals surface area contributed by atoms with E-state index in [1.54, 1.807) is 49.4 Å². The van der Waals surface area contributed by atoms with Crippen molar-refractivity contribution >= 4 is 46.3 Å². The average Bonchev–Trinajstić information content (AvgIpc) is 3.01. The van der Waals surface area contributed by atoms with Crippen molar-refractivity contribution in [2.24, 2.45) is 4.99 Å². The van der Waals surface area contributed by atoms with Crippen LogP contribution in [-0.4, -0.2) is 28.6 Å². The molecule has 1 heterocycles. The maximum atomic E-state index is 12.1. The van der Waals surface area contributed by atoms with Crippen LogP contribution in [0.15, 0.2) is 58.4 Å². The second kappa shape index (κ2) is 8.49. The highest BCUT2D eigenvalue weighted by Gasteiger charge is 2.24. The zero-order valence-electron chi connectivity index (χ0n) is 14.7. The molecule has 0 spiro atoms. The maximum Gasteiger partial charge on any atom is 0.338 e. The SMILES string of the molecule is CCOC(=O)c1ccc(N=C2NC(=O)/C(=C/c3cccc([N+](=O)[O-])c3)S2)cc1. The number of aliphatic imine (C=N–C) groups is 1. The largest absolute Gasteiger partial charge is 0.462 e. The lowest BCUT2D eigenvalue weighted by atomic mass is 10.2. The quantitative estimate of drug-likeness (QED) is 0.357. The molecule has 0 unspecified atom stereocenters. The van der Waals surface area contributed by atoms with Gasteiger partial charge in [-0.3, -0.25) is 14.9 Å². The Morgan fingerprint density at radius 2 is 2.04 bits per heavy atom. The molecule has 0 aliphatic carbocycles. The van der Waals surface area contributed by atoms with E-state index in [9.17, 15) is 19.7 Å². The molecule has 28 heavy (non-hydrogen) atoms. The molecule has 0 atom stereocenters. The molecule has 0 saturated carbocycles. The Kier molecular flexibility index (Phi) is 5.85. The molecule has 8 nitrogen and oxygen atoms in total. The number of nitrogens with one attached hydrogen (secondary N) is 1. The van der Waals surface area contributed by atoms with Crippen molar-refractivity contribution in [2.75, 3.05) is 6.61 Å². The molecule has 3 rings (SSSR count). The van der Waals surface area contributed by atoms with Crippen LogP contribution in [0.4, 0.5) is 11.4 Å². The molecule has 1 amide bonds. The highest BCUT2D eigenvalue weighted by atomic mass is 32.2. The Morgan fingerprint density at radius 3 is 2.71 bits per heavy atom. The third kappa shape index (κ3) is 4.63. The number of nitro benzene ring substituents is 1. The number of carbonyl (C=O) groups is 2. The first-order chi connectivity index (χ1) is 13.5. The second-order valence-electron chi connectivity index (χ2n) is 5.60. The predicted octanol–water partition coefficient (Wildman–Crippen LogP) is 3.66. The lowest BCUT2D eigenvalue weighted by molar-refractivity contribution is -0.384. The number of rotatable bonds is 5. The number of esters is 1. The fourth-order valence-corrected chi connectivity index (χ4v) is 3.21. The number of hydrogen-bond donors (Lipinski definition) is 1. The Morgan fingerprint density at radius 1 is 1.29 bits per heavy atom. The minimum absolute atomic E-state index is 0.0478. The highest BCUT2D eigenvalue weighted by molar-refractivity contribution is 8.18. The number of amidine groups is 1. The number of non-ortho nitro benzene ring substituents is 1. The smallest absolute Gasteiger partial charge is 0.338 e. The molecule has 1 N–H and O–H groups in total. The molecule has 0 aromatic heterocycles. The minimum Gasteiger partial charge on any atom is -0.462 e. The molecule has 2 aromatic carbocycles. The third-order valence-electron chi connectivity index (χ3n) is 3.64. The van der Waals surface area contributed by atoms with Crippen molar-refractivity contribution in [3.8, 4) is 0 Å². The van der Waals surface area contributed by atoms with E-state index in [4.69, 9.17) is 4.74 Å². The van der Waals surface area contributed by atoms with E-state index in [1.165, 1.54) is 12.1 Å². The van der Waals surface area contributed by atoms with Crippen molar-refractivity contribution in [3.63, 3.8) is 0 Å². The third-order valence-corrected chi connectivity index (χ3v) is 4.55. The van der Waals surface area contributed by atoms with Crippen LogP contribution in [0, 0.1) is 10.1 Å². The van der Waals surface area contributed by atoms with Crippen molar-refractivity contribution in [2.45, 2.75) is 6.92 Å². The van der Waals surface area contributed by atoms with E-state index in [-0.39, 0.29) is 11.6 Å². The summed E-state index contributed by atoms with van der Waals surface area (Å²) in [6, 6.07) is 12.5. The van der Waals surface area contributed by atoms with Crippen LogP contribution in [0.2, 0.25) is 0 Å². The van der Waals surface area contributed by atoms with Crippen LogP contribution in [0.3, 0.4) is 0 Å². The Labute approximate surface area is 164 Å². The molecule has 1 aliphatic rings. The summed E-state index contributed by atoms with van der Waals surface area (Å²) in [6.45, 7) is 2.03. The van der Waals surface area contributed by atoms with Gasteiger partial charge in [-0.05, 0) is 54.6 Å². The van der Waals surface area contributed by atoms with Crippen LogP contribution in [-0.2, 0) is 9.53 Å². The fourth-order valence-electron chi connectivity index (χ4n) is 2.36. The molecular formula is C19H15N3O5S. The molecule has 1 aliphatic heterocycles. The van der Waals surface area contributed by atoms with Gasteiger partial charge in [0.15, 0.2) is 5.17 Å². The van der Waals surface area contributed by atoms with Gasteiger partial charge in [0.25, 0.3) is 11.6 Å². The number of benzene rings is 2. The normalized spacial score (nSPS) is 16.2. The molecule has 0 bridgehead atoms. The van der Waals surface area contributed by atoms with Gasteiger partial charge in [-0.15, -0.1) is 0 Å². The van der Waals surface area contributed by atoms with E-state index < -0.39 is 10.9 Å². The van der Waals surface area contributed by atoms with Gasteiger partial charge in [0.1, 0.15) is 0 Å². The van der Waals surface area contributed by atoms with Gasteiger partial charge in [0.2, 0.25) is 0 Å². The first-order valence-electron chi connectivity index (χ1n) is 8.27. The minimum atomic E-state index is -0.489. The van der Waals surface area contributed by atoms with Gasteiger partial charge in [0, 0.05) is 12.1 Å². The van der Waals surface area contributed by atoms with E-state index in [0.29, 0.717) is 33.5 Å². The predicted molar refractivity (Wildman–Crippen MR) is 106 cm³/mol. The van der Waals surface area contributed by atoms with E-state index in [1.807, 2.05) is 0 Å². The molecule has 1 fully saturated rings. The summed E-state index contributed by atoms with van der Waals surface area (Å²) in [5.74, 6) is -0.745. The highest BCUT2D eigenvalue weighted by Crippen LogP contribution is 2.28. The second-order valence-corrected chi connectivity index (χ2v) is 6.63.